The van der Waals surface area contributed by atoms with Gasteiger partial charge in [-0.15, -0.1) is 0 Å². The Labute approximate surface area is 120 Å². The average Bonchev–Trinajstić information content (AvgIpc) is 2.31. The summed E-state index contributed by atoms with van der Waals surface area (Å²) in [6.07, 6.45) is 6.82. The van der Waals surface area contributed by atoms with Gasteiger partial charge in [0.05, 0.1) is 0 Å². The molecule has 2 unspecified atom stereocenters. The molecule has 19 heavy (non-hydrogen) atoms. The van der Waals surface area contributed by atoms with Gasteiger partial charge in [0.2, 0.25) is 0 Å². The highest BCUT2D eigenvalue weighted by Crippen LogP contribution is 2.40. The molecular formula is C17H34N2. The van der Waals surface area contributed by atoms with Crippen LogP contribution in [0.5, 0.6) is 0 Å². The number of likely N-dealkylation sites (tertiary alicyclic amines) is 1. The van der Waals surface area contributed by atoms with Crippen molar-refractivity contribution in [1.29, 1.82) is 0 Å². The van der Waals surface area contributed by atoms with Gasteiger partial charge in [-0.25, -0.2) is 0 Å². The molecule has 0 radical (unpaired) electrons. The van der Waals surface area contributed by atoms with Crippen LogP contribution in [0, 0.1) is 10.8 Å². The lowest BCUT2D eigenvalue weighted by Gasteiger charge is -2.49. The zero-order valence-corrected chi connectivity index (χ0v) is 13.8. The van der Waals surface area contributed by atoms with Crippen molar-refractivity contribution in [2.45, 2.75) is 78.8 Å². The zero-order valence-electron chi connectivity index (χ0n) is 13.8. The molecular weight excluding hydrogens is 232 g/mol. The second-order valence-electron chi connectivity index (χ2n) is 8.34. The summed E-state index contributed by atoms with van der Waals surface area (Å²) in [5, 5.41) is 3.75. The highest BCUT2D eigenvalue weighted by Gasteiger charge is 2.39. The Bertz CT molecular complexity index is 286. The van der Waals surface area contributed by atoms with Crippen LogP contribution in [-0.4, -0.2) is 36.6 Å². The second-order valence-corrected chi connectivity index (χ2v) is 8.34. The smallest absolute Gasteiger partial charge is 0.0254 e. The fraction of sp³-hybridized carbons (Fsp3) is 1.00. The third kappa shape index (κ3) is 3.95. The standard InChI is InChI=1S/C17H34N2/c1-6-18-14-7-8-17(4,5)13-15(14)19-11-9-16(2,3)10-12-19/h14-15,18H,6-13H2,1-5H3. The van der Waals surface area contributed by atoms with Crippen LogP contribution >= 0.6 is 0 Å². The largest absolute Gasteiger partial charge is 0.313 e. The normalized spacial score (nSPS) is 35.2. The van der Waals surface area contributed by atoms with Crippen molar-refractivity contribution in [3.8, 4) is 0 Å². The predicted molar refractivity (Wildman–Crippen MR) is 83.5 cm³/mol. The molecule has 1 aliphatic carbocycles. The van der Waals surface area contributed by atoms with Crippen molar-refractivity contribution in [3.05, 3.63) is 0 Å². The first-order valence-electron chi connectivity index (χ1n) is 8.30. The summed E-state index contributed by atoms with van der Waals surface area (Å²) in [6, 6.07) is 1.49. The summed E-state index contributed by atoms with van der Waals surface area (Å²) in [5.41, 5.74) is 1.10. The van der Waals surface area contributed by atoms with Crippen LogP contribution in [0.4, 0.5) is 0 Å². The summed E-state index contributed by atoms with van der Waals surface area (Å²) in [4.78, 5) is 2.79. The molecule has 2 aliphatic rings. The molecule has 2 rings (SSSR count). The Morgan fingerprint density at radius 3 is 2.21 bits per heavy atom. The van der Waals surface area contributed by atoms with E-state index in [1.165, 1.54) is 45.2 Å². The van der Waals surface area contributed by atoms with E-state index in [0.29, 0.717) is 10.8 Å². The summed E-state index contributed by atoms with van der Waals surface area (Å²) in [7, 11) is 0. The molecule has 1 N–H and O–H groups in total. The first kappa shape index (κ1) is 15.3. The molecule has 2 heteroatoms. The predicted octanol–water partition coefficient (Wildman–Crippen LogP) is 3.67. The van der Waals surface area contributed by atoms with Gasteiger partial charge in [0.25, 0.3) is 0 Å². The summed E-state index contributed by atoms with van der Waals surface area (Å²) < 4.78 is 0. The van der Waals surface area contributed by atoms with Crippen molar-refractivity contribution in [2.75, 3.05) is 19.6 Å². The molecule has 0 aromatic carbocycles. The monoisotopic (exact) mass is 266 g/mol. The Hall–Kier alpha value is -0.0800. The number of rotatable bonds is 3. The lowest BCUT2D eigenvalue weighted by atomic mass is 9.71. The summed E-state index contributed by atoms with van der Waals surface area (Å²) in [6.45, 7) is 15.7. The Kier molecular flexibility index (Phi) is 4.62. The number of hydrogen-bond donors (Lipinski definition) is 1. The highest BCUT2D eigenvalue weighted by molar-refractivity contribution is 4.96. The topological polar surface area (TPSA) is 15.3 Å². The number of hydrogen-bond acceptors (Lipinski definition) is 2. The van der Waals surface area contributed by atoms with E-state index < -0.39 is 0 Å². The molecule has 0 aromatic heterocycles. The highest BCUT2D eigenvalue weighted by atomic mass is 15.2. The summed E-state index contributed by atoms with van der Waals surface area (Å²) in [5.74, 6) is 0. The van der Waals surface area contributed by atoms with Gasteiger partial charge in [0, 0.05) is 12.1 Å². The van der Waals surface area contributed by atoms with Gasteiger partial charge in [-0.2, -0.15) is 0 Å². The van der Waals surface area contributed by atoms with Crippen molar-refractivity contribution >= 4 is 0 Å². The van der Waals surface area contributed by atoms with Crippen LogP contribution in [0.1, 0.15) is 66.7 Å². The molecule has 1 saturated heterocycles. The molecule has 0 amide bonds. The van der Waals surface area contributed by atoms with Crippen molar-refractivity contribution in [1.82, 2.24) is 10.2 Å². The first-order chi connectivity index (χ1) is 8.83. The Morgan fingerprint density at radius 1 is 1.00 bits per heavy atom. The van der Waals surface area contributed by atoms with E-state index >= 15 is 0 Å². The lowest BCUT2D eigenvalue weighted by molar-refractivity contribution is 0.0264. The fourth-order valence-corrected chi connectivity index (χ4v) is 3.89. The molecule has 0 spiro atoms. The molecule has 0 bridgehead atoms. The van der Waals surface area contributed by atoms with Crippen LogP contribution in [-0.2, 0) is 0 Å². The van der Waals surface area contributed by atoms with Gasteiger partial charge < -0.3 is 5.32 Å². The second kappa shape index (κ2) is 5.73. The van der Waals surface area contributed by atoms with Gasteiger partial charge >= 0.3 is 0 Å². The molecule has 1 saturated carbocycles. The van der Waals surface area contributed by atoms with E-state index in [1.54, 1.807) is 0 Å². The molecule has 112 valence electrons. The zero-order chi connectivity index (χ0) is 14.1. The van der Waals surface area contributed by atoms with Crippen LogP contribution in [0.2, 0.25) is 0 Å². The molecule has 0 aromatic rings. The SMILES string of the molecule is CCNC1CCC(C)(C)CC1N1CCC(C)(C)CC1. The fourth-order valence-electron chi connectivity index (χ4n) is 3.89. The average molecular weight is 266 g/mol. The van der Waals surface area contributed by atoms with Crippen LogP contribution < -0.4 is 5.32 Å². The molecule has 2 atom stereocenters. The number of nitrogens with one attached hydrogen (secondary N) is 1. The third-order valence-corrected chi connectivity index (χ3v) is 5.45. The van der Waals surface area contributed by atoms with Crippen LogP contribution in [0.3, 0.4) is 0 Å². The van der Waals surface area contributed by atoms with E-state index in [4.69, 9.17) is 0 Å². The van der Waals surface area contributed by atoms with E-state index in [9.17, 15) is 0 Å². The van der Waals surface area contributed by atoms with Gasteiger partial charge in [0.1, 0.15) is 0 Å². The van der Waals surface area contributed by atoms with Crippen LogP contribution in [0.15, 0.2) is 0 Å². The quantitative estimate of drug-likeness (QED) is 0.838. The molecule has 1 aliphatic heterocycles. The van der Waals surface area contributed by atoms with Gasteiger partial charge in [-0.05, 0) is 62.6 Å². The number of piperidine rings is 1. The maximum absolute atomic E-state index is 3.75. The van der Waals surface area contributed by atoms with Gasteiger partial charge in [-0.1, -0.05) is 34.6 Å². The van der Waals surface area contributed by atoms with Crippen molar-refractivity contribution < 1.29 is 0 Å². The van der Waals surface area contributed by atoms with E-state index in [1.807, 2.05) is 0 Å². The first-order valence-corrected chi connectivity index (χ1v) is 8.30. The van der Waals surface area contributed by atoms with Crippen LogP contribution in [0.25, 0.3) is 0 Å². The number of likely N-dealkylation sites (N-methyl/N-ethyl adjacent to an activating group) is 1. The maximum atomic E-state index is 3.75. The van der Waals surface area contributed by atoms with Crippen molar-refractivity contribution in [3.63, 3.8) is 0 Å². The molecule has 2 fully saturated rings. The Morgan fingerprint density at radius 2 is 1.63 bits per heavy atom. The molecule has 1 heterocycles. The minimum Gasteiger partial charge on any atom is -0.313 e. The minimum atomic E-state index is 0.531. The van der Waals surface area contributed by atoms with Crippen molar-refractivity contribution in [2.24, 2.45) is 10.8 Å². The third-order valence-electron chi connectivity index (χ3n) is 5.45. The van der Waals surface area contributed by atoms with Gasteiger partial charge in [0.15, 0.2) is 0 Å². The minimum absolute atomic E-state index is 0.531. The van der Waals surface area contributed by atoms with E-state index in [2.05, 4.69) is 44.8 Å². The Balaban J connectivity index is 2.01. The lowest BCUT2D eigenvalue weighted by Crippen LogP contribution is -2.56. The van der Waals surface area contributed by atoms with E-state index in [0.717, 1.165) is 18.6 Å². The maximum Gasteiger partial charge on any atom is 0.0254 e. The van der Waals surface area contributed by atoms with Gasteiger partial charge in [-0.3, -0.25) is 4.90 Å². The summed E-state index contributed by atoms with van der Waals surface area (Å²) >= 11 is 0. The number of nitrogens with zero attached hydrogens (tertiary/aromatic N) is 1. The molecule has 2 nitrogen and oxygen atoms in total. The van der Waals surface area contributed by atoms with E-state index in [-0.39, 0.29) is 0 Å².